The minimum absolute atomic E-state index is 0.161. The van der Waals surface area contributed by atoms with E-state index < -0.39 is 10.0 Å². The molecular weight excluding hydrogens is 327 g/mol. The van der Waals surface area contributed by atoms with E-state index in [4.69, 9.17) is 28.9 Å². The Morgan fingerprint density at radius 3 is 2.63 bits per heavy atom. The molecule has 0 aliphatic rings. The summed E-state index contributed by atoms with van der Waals surface area (Å²) in [7, 11) is -3.68. The molecule has 19 heavy (non-hydrogen) atoms. The molecule has 0 aliphatic carbocycles. The van der Waals surface area contributed by atoms with Gasteiger partial charge in [-0.15, -0.1) is 11.3 Å². The van der Waals surface area contributed by atoms with Gasteiger partial charge >= 0.3 is 0 Å². The summed E-state index contributed by atoms with van der Waals surface area (Å²) in [6, 6.07) is 6.10. The van der Waals surface area contributed by atoms with Crippen molar-refractivity contribution in [3.8, 4) is 0 Å². The molecule has 1 aromatic carbocycles. The van der Waals surface area contributed by atoms with Crippen LogP contribution in [0.3, 0.4) is 0 Å². The normalized spacial score (nSPS) is 11.5. The highest BCUT2D eigenvalue weighted by atomic mass is 35.5. The van der Waals surface area contributed by atoms with E-state index in [-0.39, 0.29) is 15.6 Å². The Balaban J connectivity index is 2.33. The third-order valence-electron chi connectivity index (χ3n) is 2.31. The Labute approximate surface area is 125 Å². The van der Waals surface area contributed by atoms with Crippen molar-refractivity contribution in [1.29, 1.82) is 0 Å². The van der Waals surface area contributed by atoms with E-state index in [1.807, 2.05) is 0 Å². The first-order valence-electron chi connectivity index (χ1n) is 5.18. The van der Waals surface area contributed by atoms with Crippen LogP contribution in [0.1, 0.15) is 4.88 Å². The first kappa shape index (κ1) is 14.6. The zero-order valence-electron chi connectivity index (χ0n) is 9.56. The predicted molar refractivity (Wildman–Crippen MR) is 79.5 cm³/mol. The van der Waals surface area contributed by atoms with Gasteiger partial charge in [0, 0.05) is 21.8 Å². The number of benzene rings is 1. The van der Waals surface area contributed by atoms with E-state index in [1.165, 1.54) is 34.9 Å². The van der Waals surface area contributed by atoms with Gasteiger partial charge in [0.1, 0.15) is 0 Å². The maximum absolute atomic E-state index is 12.1. The maximum Gasteiger partial charge on any atom is 0.262 e. The average Bonchev–Trinajstić information content (AvgIpc) is 2.83. The predicted octanol–water partition coefficient (Wildman–Crippen LogP) is 3.31. The number of hydrogen-bond donors (Lipinski definition) is 2. The lowest BCUT2D eigenvalue weighted by Crippen LogP contribution is -2.12. The Kier molecular flexibility index (Phi) is 4.37. The highest BCUT2D eigenvalue weighted by Crippen LogP contribution is 2.28. The molecule has 102 valence electrons. The number of anilines is 1. The highest BCUT2D eigenvalue weighted by Gasteiger charge is 2.17. The van der Waals surface area contributed by atoms with Gasteiger partial charge in [0.2, 0.25) is 0 Å². The fourth-order valence-electron chi connectivity index (χ4n) is 1.39. The standard InChI is InChI=1S/C11H10Cl2N2O2S2/c12-7-1-2-10(13)11(3-7)15-19(16,17)9-4-8(5-14)18-6-9/h1-4,6,15H,5,14H2. The fourth-order valence-corrected chi connectivity index (χ4v) is 4.01. The number of nitrogens with two attached hydrogens (primary N) is 1. The SMILES string of the molecule is NCc1cc(S(=O)(=O)Nc2cc(Cl)ccc2Cl)cs1. The third kappa shape index (κ3) is 3.40. The van der Waals surface area contributed by atoms with Crippen LogP contribution in [0, 0.1) is 0 Å². The quantitative estimate of drug-likeness (QED) is 0.899. The lowest BCUT2D eigenvalue weighted by atomic mass is 10.3. The van der Waals surface area contributed by atoms with Crippen LogP contribution >= 0.6 is 34.5 Å². The highest BCUT2D eigenvalue weighted by molar-refractivity contribution is 7.92. The Morgan fingerprint density at radius 1 is 1.26 bits per heavy atom. The van der Waals surface area contributed by atoms with Gasteiger partial charge < -0.3 is 5.73 Å². The molecule has 0 fully saturated rings. The number of thiophene rings is 1. The lowest BCUT2D eigenvalue weighted by Gasteiger charge is -2.08. The summed E-state index contributed by atoms with van der Waals surface area (Å²) >= 11 is 13.0. The van der Waals surface area contributed by atoms with Crippen molar-refractivity contribution in [2.45, 2.75) is 11.4 Å². The molecule has 0 aliphatic heterocycles. The monoisotopic (exact) mass is 336 g/mol. The Bertz CT molecular complexity index is 698. The molecule has 0 radical (unpaired) electrons. The van der Waals surface area contributed by atoms with E-state index in [0.717, 1.165) is 4.88 Å². The minimum atomic E-state index is -3.68. The number of rotatable bonds is 4. The molecule has 0 saturated heterocycles. The van der Waals surface area contributed by atoms with E-state index in [2.05, 4.69) is 4.72 Å². The second kappa shape index (κ2) is 5.68. The van der Waals surface area contributed by atoms with Crippen LogP contribution in [0.5, 0.6) is 0 Å². The van der Waals surface area contributed by atoms with Crippen LogP contribution in [-0.2, 0) is 16.6 Å². The number of sulfonamides is 1. The lowest BCUT2D eigenvalue weighted by molar-refractivity contribution is 0.601. The largest absolute Gasteiger partial charge is 0.326 e. The fraction of sp³-hybridized carbons (Fsp3) is 0.0909. The second-order valence-corrected chi connectivity index (χ2v) is 7.20. The Morgan fingerprint density at radius 2 is 2.00 bits per heavy atom. The van der Waals surface area contributed by atoms with E-state index in [9.17, 15) is 8.42 Å². The molecule has 2 rings (SSSR count). The van der Waals surface area contributed by atoms with Crippen LogP contribution in [0.15, 0.2) is 34.5 Å². The third-order valence-corrected chi connectivity index (χ3v) is 5.33. The van der Waals surface area contributed by atoms with E-state index >= 15 is 0 Å². The summed E-state index contributed by atoms with van der Waals surface area (Å²) in [6.45, 7) is 0.304. The van der Waals surface area contributed by atoms with Gasteiger partial charge in [-0.1, -0.05) is 23.2 Å². The van der Waals surface area contributed by atoms with E-state index in [1.54, 1.807) is 6.07 Å². The van der Waals surface area contributed by atoms with Gasteiger partial charge in [0.25, 0.3) is 10.0 Å². The smallest absolute Gasteiger partial charge is 0.262 e. The summed E-state index contributed by atoms with van der Waals surface area (Å²) in [6.07, 6.45) is 0. The van der Waals surface area contributed by atoms with Crippen molar-refractivity contribution in [2.75, 3.05) is 4.72 Å². The van der Waals surface area contributed by atoms with Crippen LogP contribution < -0.4 is 10.5 Å². The molecule has 2 aromatic rings. The molecule has 0 amide bonds. The topological polar surface area (TPSA) is 72.2 Å². The maximum atomic E-state index is 12.1. The van der Waals surface area contributed by atoms with Crippen molar-refractivity contribution in [1.82, 2.24) is 0 Å². The Hall–Kier alpha value is -0.790. The van der Waals surface area contributed by atoms with Crippen molar-refractivity contribution >= 4 is 50.2 Å². The molecule has 0 atom stereocenters. The molecule has 0 unspecified atom stereocenters. The molecule has 1 heterocycles. The summed E-state index contributed by atoms with van der Waals surface area (Å²) in [5.41, 5.74) is 5.70. The van der Waals surface area contributed by atoms with Gasteiger partial charge in [-0.2, -0.15) is 0 Å². The molecule has 4 nitrogen and oxygen atoms in total. The van der Waals surface area contributed by atoms with Crippen LogP contribution in [0.25, 0.3) is 0 Å². The van der Waals surface area contributed by atoms with Crippen molar-refractivity contribution in [2.24, 2.45) is 5.73 Å². The average molecular weight is 337 g/mol. The van der Waals surface area contributed by atoms with E-state index in [0.29, 0.717) is 11.6 Å². The van der Waals surface area contributed by atoms with Crippen molar-refractivity contribution in [3.05, 3.63) is 44.6 Å². The molecular formula is C11H10Cl2N2O2S2. The van der Waals surface area contributed by atoms with Gasteiger partial charge in [0.05, 0.1) is 15.6 Å². The first-order chi connectivity index (χ1) is 8.92. The number of nitrogens with one attached hydrogen (secondary N) is 1. The molecule has 0 saturated carbocycles. The zero-order valence-corrected chi connectivity index (χ0v) is 12.7. The number of hydrogen-bond acceptors (Lipinski definition) is 4. The van der Waals surface area contributed by atoms with Crippen molar-refractivity contribution in [3.63, 3.8) is 0 Å². The molecule has 0 spiro atoms. The minimum Gasteiger partial charge on any atom is -0.326 e. The van der Waals surface area contributed by atoms with Crippen LogP contribution in [-0.4, -0.2) is 8.42 Å². The van der Waals surface area contributed by atoms with Gasteiger partial charge in [-0.3, -0.25) is 4.72 Å². The van der Waals surface area contributed by atoms with Gasteiger partial charge in [0.15, 0.2) is 0 Å². The zero-order chi connectivity index (χ0) is 14.0. The van der Waals surface area contributed by atoms with Crippen molar-refractivity contribution < 1.29 is 8.42 Å². The summed E-state index contributed by atoms with van der Waals surface area (Å²) in [4.78, 5) is 0.951. The van der Waals surface area contributed by atoms with Gasteiger partial charge in [-0.25, -0.2) is 8.42 Å². The molecule has 8 heteroatoms. The molecule has 3 N–H and O–H groups in total. The summed E-state index contributed by atoms with van der Waals surface area (Å²) in [5, 5.41) is 2.21. The first-order valence-corrected chi connectivity index (χ1v) is 8.29. The second-order valence-electron chi connectivity index (χ2n) is 3.68. The van der Waals surface area contributed by atoms with Crippen LogP contribution in [0.2, 0.25) is 10.0 Å². The molecule has 1 aromatic heterocycles. The summed E-state index contributed by atoms with van der Waals surface area (Å²) in [5.74, 6) is 0. The van der Waals surface area contributed by atoms with Crippen LogP contribution in [0.4, 0.5) is 5.69 Å². The summed E-state index contributed by atoms with van der Waals surface area (Å²) < 4.78 is 26.7. The molecule has 0 bridgehead atoms. The van der Waals surface area contributed by atoms with Gasteiger partial charge in [-0.05, 0) is 24.3 Å². The number of halogens is 2.